The second kappa shape index (κ2) is 9.37. The number of nitrogens with one attached hydrogen (secondary N) is 2. The molecule has 3 aromatic carbocycles. The van der Waals surface area contributed by atoms with Gasteiger partial charge in [0.25, 0.3) is 5.91 Å². The monoisotopic (exact) mass is 374 g/mol. The molecule has 0 aliphatic heterocycles. The summed E-state index contributed by atoms with van der Waals surface area (Å²) in [4.78, 5) is 25.4. The van der Waals surface area contributed by atoms with Gasteiger partial charge in [-0.3, -0.25) is 9.59 Å². The number of amides is 2. The van der Waals surface area contributed by atoms with Crippen LogP contribution in [0.5, 0.6) is 5.75 Å². The van der Waals surface area contributed by atoms with Gasteiger partial charge in [0.05, 0.1) is 7.11 Å². The molecule has 5 nitrogen and oxygen atoms in total. The molecule has 0 saturated carbocycles. The van der Waals surface area contributed by atoms with Crippen molar-refractivity contribution in [2.45, 2.75) is 12.6 Å². The van der Waals surface area contributed by atoms with Crippen LogP contribution in [0.2, 0.25) is 0 Å². The first-order chi connectivity index (χ1) is 13.7. The number of hydrogen-bond donors (Lipinski definition) is 2. The summed E-state index contributed by atoms with van der Waals surface area (Å²) >= 11 is 0. The molecule has 3 rings (SSSR count). The molecule has 0 saturated heterocycles. The number of benzene rings is 3. The normalized spacial score (nSPS) is 11.3. The van der Waals surface area contributed by atoms with Crippen LogP contribution in [0.15, 0.2) is 84.9 Å². The molecule has 0 fully saturated rings. The summed E-state index contributed by atoms with van der Waals surface area (Å²) < 4.78 is 5.14. The van der Waals surface area contributed by atoms with Crippen LogP contribution >= 0.6 is 0 Å². The summed E-state index contributed by atoms with van der Waals surface area (Å²) in [6.45, 7) is 0.355. The smallest absolute Gasteiger partial charge is 0.252 e. The van der Waals surface area contributed by atoms with Crippen LogP contribution < -0.4 is 15.4 Å². The Labute approximate surface area is 164 Å². The van der Waals surface area contributed by atoms with Gasteiger partial charge in [-0.2, -0.15) is 0 Å². The van der Waals surface area contributed by atoms with Gasteiger partial charge < -0.3 is 15.4 Å². The van der Waals surface area contributed by atoms with Crippen molar-refractivity contribution < 1.29 is 14.3 Å². The molecule has 0 heterocycles. The van der Waals surface area contributed by atoms with Gasteiger partial charge in [-0.15, -0.1) is 0 Å². The van der Waals surface area contributed by atoms with E-state index in [1.807, 2.05) is 60.7 Å². The molecule has 0 aliphatic carbocycles. The quantitative estimate of drug-likeness (QED) is 0.665. The van der Waals surface area contributed by atoms with Crippen molar-refractivity contribution in [3.63, 3.8) is 0 Å². The molecule has 142 valence electrons. The maximum absolute atomic E-state index is 12.9. The Morgan fingerprint density at radius 1 is 0.857 bits per heavy atom. The van der Waals surface area contributed by atoms with E-state index in [4.69, 9.17) is 4.74 Å². The molecule has 0 unspecified atom stereocenters. The molecule has 0 spiro atoms. The third kappa shape index (κ3) is 4.98. The molecule has 0 radical (unpaired) electrons. The van der Waals surface area contributed by atoms with Gasteiger partial charge in [-0.1, -0.05) is 60.7 Å². The fourth-order valence-corrected chi connectivity index (χ4v) is 2.78. The summed E-state index contributed by atoms with van der Waals surface area (Å²) in [5, 5.41) is 5.73. The lowest BCUT2D eigenvalue weighted by Crippen LogP contribution is -2.40. The fraction of sp³-hybridized carbons (Fsp3) is 0.130. The van der Waals surface area contributed by atoms with Crippen LogP contribution in [-0.4, -0.2) is 18.9 Å². The van der Waals surface area contributed by atoms with Gasteiger partial charge in [-0.05, 0) is 35.4 Å². The highest BCUT2D eigenvalue weighted by atomic mass is 16.5. The summed E-state index contributed by atoms with van der Waals surface area (Å²) in [5.41, 5.74) is 2.17. The van der Waals surface area contributed by atoms with Crippen molar-refractivity contribution in [3.8, 4) is 5.75 Å². The molecule has 28 heavy (non-hydrogen) atoms. The zero-order valence-corrected chi connectivity index (χ0v) is 15.6. The number of carbonyl (C=O) groups is 2. The third-order valence-electron chi connectivity index (χ3n) is 4.33. The average molecular weight is 374 g/mol. The predicted octanol–water partition coefficient (Wildman–Crippen LogP) is 3.48. The highest BCUT2D eigenvalue weighted by Crippen LogP contribution is 2.15. The number of rotatable bonds is 7. The third-order valence-corrected chi connectivity index (χ3v) is 4.33. The molecular formula is C23H22N2O3. The fourth-order valence-electron chi connectivity index (χ4n) is 2.78. The van der Waals surface area contributed by atoms with E-state index >= 15 is 0 Å². The Morgan fingerprint density at radius 2 is 1.46 bits per heavy atom. The van der Waals surface area contributed by atoms with Crippen LogP contribution in [0.25, 0.3) is 0 Å². The molecule has 0 aliphatic rings. The lowest BCUT2D eigenvalue weighted by molar-refractivity contribution is -0.123. The van der Waals surface area contributed by atoms with E-state index in [1.165, 1.54) is 0 Å². The van der Waals surface area contributed by atoms with E-state index in [-0.39, 0.29) is 11.8 Å². The average Bonchev–Trinajstić information content (AvgIpc) is 2.77. The molecule has 0 aromatic heterocycles. The summed E-state index contributed by atoms with van der Waals surface area (Å²) in [5.74, 6) is 0.188. The second-order valence-electron chi connectivity index (χ2n) is 6.25. The van der Waals surface area contributed by atoms with Crippen LogP contribution in [0.1, 0.15) is 27.5 Å². The van der Waals surface area contributed by atoms with Gasteiger partial charge >= 0.3 is 0 Å². The van der Waals surface area contributed by atoms with Gasteiger partial charge in [0.15, 0.2) is 0 Å². The zero-order valence-electron chi connectivity index (χ0n) is 15.6. The van der Waals surface area contributed by atoms with E-state index in [9.17, 15) is 9.59 Å². The number of carbonyl (C=O) groups excluding carboxylic acids is 2. The standard InChI is InChI=1S/C23H22N2O3/c1-28-20-14-12-17(13-15-20)16-24-23(27)21(18-8-4-2-5-9-18)25-22(26)19-10-6-3-7-11-19/h2-15,21H,16H2,1H3,(H,24,27)(H,25,26)/t21-/m1/s1. The van der Waals surface area contributed by atoms with Crippen molar-refractivity contribution >= 4 is 11.8 Å². The lowest BCUT2D eigenvalue weighted by atomic mass is 10.0. The van der Waals surface area contributed by atoms with Crippen molar-refractivity contribution in [1.82, 2.24) is 10.6 Å². The first-order valence-electron chi connectivity index (χ1n) is 8.99. The largest absolute Gasteiger partial charge is 0.497 e. The summed E-state index contributed by atoms with van der Waals surface area (Å²) in [7, 11) is 1.61. The molecule has 1 atom stereocenters. The first kappa shape index (κ1) is 19.2. The van der Waals surface area contributed by atoms with Crippen LogP contribution in [0.3, 0.4) is 0 Å². The van der Waals surface area contributed by atoms with Gasteiger partial charge in [0, 0.05) is 12.1 Å². The minimum absolute atomic E-state index is 0.272. The van der Waals surface area contributed by atoms with Crippen molar-refractivity contribution in [3.05, 3.63) is 102 Å². The Balaban J connectivity index is 1.72. The minimum Gasteiger partial charge on any atom is -0.497 e. The van der Waals surface area contributed by atoms with Gasteiger partial charge in [0.1, 0.15) is 11.8 Å². The summed E-state index contributed by atoms with van der Waals surface area (Å²) in [6, 6.07) is 24.7. The highest BCUT2D eigenvalue weighted by Gasteiger charge is 2.23. The minimum atomic E-state index is -0.785. The summed E-state index contributed by atoms with van der Waals surface area (Å²) in [6.07, 6.45) is 0. The first-order valence-corrected chi connectivity index (χ1v) is 8.99. The van der Waals surface area contributed by atoms with Crippen LogP contribution in [-0.2, 0) is 11.3 Å². The molecule has 5 heteroatoms. The van der Waals surface area contributed by atoms with E-state index in [0.29, 0.717) is 12.1 Å². The predicted molar refractivity (Wildman–Crippen MR) is 108 cm³/mol. The SMILES string of the molecule is COc1ccc(CNC(=O)[C@H](NC(=O)c2ccccc2)c2ccccc2)cc1. The van der Waals surface area contributed by atoms with E-state index in [0.717, 1.165) is 16.9 Å². The van der Waals surface area contributed by atoms with Gasteiger partial charge in [-0.25, -0.2) is 0 Å². The molecular weight excluding hydrogens is 352 g/mol. The Morgan fingerprint density at radius 3 is 2.07 bits per heavy atom. The van der Waals surface area contributed by atoms with Crippen LogP contribution in [0, 0.1) is 0 Å². The molecule has 2 N–H and O–H groups in total. The number of ether oxygens (including phenoxy) is 1. The molecule has 2 amide bonds. The van der Waals surface area contributed by atoms with Crippen molar-refractivity contribution in [2.24, 2.45) is 0 Å². The lowest BCUT2D eigenvalue weighted by Gasteiger charge is -2.19. The Kier molecular flexibility index (Phi) is 6.41. The number of hydrogen-bond acceptors (Lipinski definition) is 3. The topological polar surface area (TPSA) is 67.4 Å². The number of methoxy groups -OCH3 is 1. The van der Waals surface area contributed by atoms with E-state index < -0.39 is 6.04 Å². The van der Waals surface area contributed by atoms with Gasteiger partial charge in [0.2, 0.25) is 5.91 Å². The molecule has 0 bridgehead atoms. The van der Waals surface area contributed by atoms with Crippen molar-refractivity contribution in [1.29, 1.82) is 0 Å². The Hall–Kier alpha value is -3.60. The molecule has 3 aromatic rings. The maximum atomic E-state index is 12.9. The second-order valence-corrected chi connectivity index (χ2v) is 6.25. The van der Waals surface area contributed by atoms with Crippen molar-refractivity contribution in [2.75, 3.05) is 7.11 Å². The maximum Gasteiger partial charge on any atom is 0.252 e. The van der Waals surface area contributed by atoms with E-state index in [1.54, 1.807) is 31.4 Å². The zero-order chi connectivity index (χ0) is 19.8. The van der Waals surface area contributed by atoms with E-state index in [2.05, 4.69) is 10.6 Å². The van der Waals surface area contributed by atoms with Crippen LogP contribution in [0.4, 0.5) is 0 Å². The highest BCUT2D eigenvalue weighted by molar-refractivity contribution is 5.97. The Bertz CT molecular complexity index is 910.